The Morgan fingerprint density at radius 3 is 2.03 bits per heavy atom. The van der Waals surface area contributed by atoms with Crippen molar-refractivity contribution in [2.75, 3.05) is 0 Å². The van der Waals surface area contributed by atoms with Gasteiger partial charge in [0, 0.05) is 13.0 Å². The summed E-state index contributed by atoms with van der Waals surface area (Å²) in [5.74, 6) is -0.138. The minimum absolute atomic E-state index is 0.142. The predicted molar refractivity (Wildman–Crippen MR) is 122 cm³/mol. The minimum Gasteiger partial charge on any atom is -0.489 e. The van der Waals surface area contributed by atoms with Crippen molar-refractivity contribution >= 4 is 11.8 Å². The van der Waals surface area contributed by atoms with Gasteiger partial charge in [-0.3, -0.25) is 14.8 Å². The van der Waals surface area contributed by atoms with Gasteiger partial charge in [-0.05, 0) is 42.2 Å². The molecule has 0 fully saturated rings. The van der Waals surface area contributed by atoms with Gasteiger partial charge in [0.1, 0.15) is 12.4 Å². The first-order valence-electron chi connectivity index (χ1n) is 10.5. The lowest BCUT2D eigenvalue weighted by atomic mass is 9.79. The quantitative estimate of drug-likeness (QED) is 0.333. The van der Waals surface area contributed by atoms with E-state index in [0.717, 1.165) is 22.4 Å². The average Bonchev–Trinajstić information content (AvgIpc) is 2.83. The highest BCUT2D eigenvalue weighted by molar-refractivity contribution is 5.88. The standard InChI is InChI=1S/C26H28N2O4/c1-26(17-24(29)28-31,25(30)27-18-21-8-4-2-5-9-21)16-20-12-14-23(15-13-20)32-19-22-10-6-3-7-11-22/h2-15,31H,16-19H2,1H3,(H,27,30)(H,28,29)/t26-/m1/s1. The van der Waals surface area contributed by atoms with Crippen LogP contribution in [-0.2, 0) is 29.2 Å². The van der Waals surface area contributed by atoms with Gasteiger partial charge in [0.25, 0.3) is 0 Å². The molecule has 32 heavy (non-hydrogen) atoms. The minimum atomic E-state index is -1.03. The number of carbonyl (C=O) groups excluding carboxylic acids is 2. The Labute approximate surface area is 188 Å². The summed E-state index contributed by atoms with van der Waals surface area (Å²) in [6.45, 7) is 2.56. The Kier molecular flexibility index (Phi) is 8.00. The lowest BCUT2D eigenvalue weighted by molar-refractivity contribution is -0.139. The van der Waals surface area contributed by atoms with Gasteiger partial charge in [0.05, 0.1) is 5.41 Å². The molecule has 0 saturated heterocycles. The fourth-order valence-electron chi connectivity index (χ4n) is 3.50. The Hall–Kier alpha value is -3.64. The van der Waals surface area contributed by atoms with E-state index in [1.807, 2.05) is 84.9 Å². The van der Waals surface area contributed by atoms with Crippen molar-refractivity contribution in [2.45, 2.75) is 32.9 Å². The van der Waals surface area contributed by atoms with Crippen LogP contribution in [0.4, 0.5) is 0 Å². The van der Waals surface area contributed by atoms with Crippen LogP contribution < -0.4 is 15.5 Å². The van der Waals surface area contributed by atoms with Crippen LogP contribution in [0.15, 0.2) is 84.9 Å². The zero-order valence-electron chi connectivity index (χ0n) is 18.1. The molecule has 3 aromatic carbocycles. The van der Waals surface area contributed by atoms with Crippen LogP contribution in [0.2, 0.25) is 0 Å². The summed E-state index contributed by atoms with van der Waals surface area (Å²) in [4.78, 5) is 24.9. The maximum Gasteiger partial charge on any atom is 0.244 e. The molecule has 0 aliphatic carbocycles. The first-order valence-corrected chi connectivity index (χ1v) is 10.5. The Bertz CT molecular complexity index is 1010. The monoisotopic (exact) mass is 432 g/mol. The molecule has 3 N–H and O–H groups in total. The second-order valence-corrected chi connectivity index (χ2v) is 8.04. The van der Waals surface area contributed by atoms with Crippen molar-refractivity contribution in [2.24, 2.45) is 5.41 Å². The third-order valence-corrected chi connectivity index (χ3v) is 5.29. The van der Waals surface area contributed by atoms with Crippen LogP contribution in [0, 0.1) is 5.41 Å². The molecule has 0 bridgehead atoms. The molecule has 0 aromatic heterocycles. The van der Waals surface area contributed by atoms with E-state index in [4.69, 9.17) is 9.94 Å². The Morgan fingerprint density at radius 2 is 1.44 bits per heavy atom. The average molecular weight is 433 g/mol. The first kappa shape index (κ1) is 23.0. The predicted octanol–water partition coefficient (Wildman–Crippen LogP) is 4.03. The maximum atomic E-state index is 13.0. The second-order valence-electron chi connectivity index (χ2n) is 8.04. The number of benzene rings is 3. The lowest BCUT2D eigenvalue weighted by Gasteiger charge is -2.28. The number of hydroxylamine groups is 1. The number of nitrogens with one attached hydrogen (secondary N) is 2. The molecule has 0 saturated carbocycles. The van der Waals surface area contributed by atoms with E-state index in [0.29, 0.717) is 19.6 Å². The molecule has 0 unspecified atom stereocenters. The lowest BCUT2D eigenvalue weighted by Crippen LogP contribution is -2.43. The number of hydrogen-bond donors (Lipinski definition) is 3. The molecule has 1 atom stereocenters. The van der Waals surface area contributed by atoms with Crippen LogP contribution in [0.3, 0.4) is 0 Å². The van der Waals surface area contributed by atoms with Gasteiger partial charge in [0.2, 0.25) is 11.8 Å². The Balaban J connectivity index is 1.65. The number of amides is 2. The second kappa shape index (κ2) is 11.1. The number of hydrogen-bond acceptors (Lipinski definition) is 4. The smallest absolute Gasteiger partial charge is 0.244 e. The molecule has 0 aliphatic heterocycles. The summed E-state index contributed by atoms with van der Waals surface area (Å²) in [5.41, 5.74) is 3.54. The molecule has 0 aliphatic rings. The summed E-state index contributed by atoms with van der Waals surface area (Å²) < 4.78 is 5.82. The number of ether oxygens (including phenoxy) is 1. The zero-order chi connectivity index (χ0) is 22.8. The van der Waals surface area contributed by atoms with E-state index in [1.54, 1.807) is 12.4 Å². The van der Waals surface area contributed by atoms with Gasteiger partial charge in [-0.15, -0.1) is 0 Å². The summed E-state index contributed by atoms with van der Waals surface area (Å²) in [6, 6.07) is 26.9. The SMILES string of the molecule is C[C@](CC(=O)NO)(Cc1ccc(OCc2ccccc2)cc1)C(=O)NCc1ccccc1. The van der Waals surface area contributed by atoms with E-state index in [2.05, 4.69) is 5.32 Å². The van der Waals surface area contributed by atoms with Crippen molar-refractivity contribution in [3.63, 3.8) is 0 Å². The van der Waals surface area contributed by atoms with Gasteiger partial charge in [0.15, 0.2) is 0 Å². The van der Waals surface area contributed by atoms with Crippen LogP contribution in [0.25, 0.3) is 0 Å². The molecule has 0 radical (unpaired) electrons. The van der Waals surface area contributed by atoms with E-state index in [9.17, 15) is 9.59 Å². The van der Waals surface area contributed by atoms with E-state index >= 15 is 0 Å². The Morgan fingerprint density at radius 1 is 0.844 bits per heavy atom. The highest BCUT2D eigenvalue weighted by Gasteiger charge is 2.35. The number of rotatable bonds is 10. The summed E-state index contributed by atoms with van der Waals surface area (Å²) >= 11 is 0. The van der Waals surface area contributed by atoms with Gasteiger partial charge < -0.3 is 10.1 Å². The zero-order valence-corrected chi connectivity index (χ0v) is 18.1. The van der Waals surface area contributed by atoms with Crippen LogP contribution in [0.5, 0.6) is 5.75 Å². The summed E-state index contributed by atoms with van der Waals surface area (Å²) in [5, 5.41) is 11.9. The fourth-order valence-corrected chi connectivity index (χ4v) is 3.50. The molecular weight excluding hydrogens is 404 g/mol. The fraction of sp³-hybridized carbons (Fsp3) is 0.231. The van der Waals surface area contributed by atoms with Crippen LogP contribution in [0.1, 0.15) is 30.0 Å². The van der Waals surface area contributed by atoms with E-state index < -0.39 is 11.3 Å². The van der Waals surface area contributed by atoms with Crippen molar-refractivity contribution in [3.05, 3.63) is 102 Å². The molecule has 6 heteroatoms. The highest BCUT2D eigenvalue weighted by Crippen LogP contribution is 2.28. The van der Waals surface area contributed by atoms with Crippen LogP contribution in [-0.4, -0.2) is 17.0 Å². The van der Waals surface area contributed by atoms with Crippen molar-refractivity contribution in [3.8, 4) is 5.75 Å². The van der Waals surface area contributed by atoms with Crippen molar-refractivity contribution < 1.29 is 19.5 Å². The largest absolute Gasteiger partial charge is 0.489 e. The van der Waals surface area contributed by atoms with Gasteiger partial charge >= 0.3 is 0 Å². The molecule has 6 nitrogen and oxygen atoms in total. The van der Waals surface area contributed by atoms with Gasteiger partial charge in [-0.2, -0.15) is 0 Å². The topological polar surface area (TPSA) is 87.7 Å². The first-order chi connectivity index (χ1) is 15.5. The molecule has 0 heterocycles. The highest BCUT2D eigenvalue weighted by atomic mass is 16.5. The van der Waals surface area contributed by atoms with Crippen molar-refractivity contribution in [1.82, 2.24) is 10.8 Å². The number of carbonyl (C=O) groups is 2. The third-order valence-electron chi connectivity index (χ3n) is 5.29. The van der Waals surface area contributed by atoms with Gasteiger partial charge in [-0.25, -0.2) is 5.48 Å². The van der Waals surface area contributed by atoms with E-state index in [-0.39, 0.29) is 12.3 Å². The van der Waals surface area contributed by atoms with Crippen LogP contribution >= 0.6 is 0 Å². The summed E-state index contributed by atoms with van der Waals surface area (Å²) in [6.07, 6.45) is 0.191. The summed E-state index contributed by atoms with van der Waals surface area (Å²) in [7, 11) is 0. The van der Waals surface area contributed by atoms with Crippen molar-refractivity contribution in [1.29, 1.82) is 0 Å². The molecule has 3 aromatic rings. The van der Waals surface area contributed by atoms with E-state index in [1.165, 1.54) is 0 Å². The maximum absolute atomic E-state index is 13.0. The molecule has 0 spiro atoms. The normalized spacial score (nSPS) is 12.4. The molecule has 166 valence electrons. The molecule has 2 amide bonds. The third kappa shape index (κ3) is 6.68. The molecule has 3 rings (SSSR count). The molecular formula is C26H28N2O4. The van der Waals surface area contributed by atoms with Gasteiger partial charge in [-0.1, -0.05) is 72.8 Å².